The van der Waals surface area contributed by atoms with E-state index in [9.17, 15) is 0 Å². The van der Waals surface area contributed by atoms with Crippen LogP contribution in [0.25, 0.3) is 0 Å². The molecule has 1 aliphatic heterocycles. The predicted octanol–water partition coefficient (Wildman–Crippen LogP) is 2.35. The van der Waals surface area contributed by atoms with Gasteiger partial charge in [-0.2, -0.15) is 0 Å². The van der Waals surface area contributed by atoms with Crippen LogP contribution in [0.2, 0.25) is 0 Å². The summed E-state index contributed by atoms with van der Waals surface area (Å²) >= 11 is 0. The molecule has 1 aromatic rings. The Hall–Kier alpha value is -1.15. The SMILES string of the molecule is C=NC1CCN(Cc2ccccc2)CC1. The molecule has 0 spiro atoms. The Morgan fingerprint density at radius 3 is 2.47 bits per heavy atom. The second-order valence-corrected chi connectivity index (χ2v) is 4.18. The average molecular weight is 202 g/mol. The van der Waals surface area contributed by atoms with E-state index in [0.717, 1.165) is 32.5 Å². The maximum atomic E-state index is 4.11. The van der Waals surface area contributed by atoms with Crippen LogP contribution >= 0.6 is 0 Å². The summed E-state index contributed by atoms with van der Waals surface area (Å²) in [6.45, 7) is 7.00. The summed E-state index contributed by atoms with van der Waals surface area (Å²) in [5, 5.41) is 0. The lowest BCUT2D eigenvalue weighted by atomic mass is 10.1. The summed E-state index contributed by atoms with van der Waals surface area (Å²) in [5.74, 6) is 0. The average Bonchev–Trinajstić information content (AvgIpc) is 2.31. The molecule has 0 aromatic heterocycles. The van der Waals surface area contributed by atoms with Crippen molar-refractivity contribution in [3.63, 3.8) is 0 Å². The van der Waals surface area contributed by atoms with E-state index in [-0.39, 0.29) is 0 Å². The van der Waals surface area contributed by atoms with Crippen molar-refractivity contribution in [1.29, 1.82) is 0 Å². The summed E-state index contributed by atoms with van der Waals surface area (Å²) in [5.41, 5.74) is 1.41. The van der Waals surface area contributed by atoms with Crippen LogP contribution in [0.1, 0.15) is 18.4 Å². The highest BCUT2D eigenvalue weighted by Crippen LogP contribution is 2.15. The van der Waals surface area contributed by atoms with Crippen molar-refractivity contribution in [2.45, 2.75) is 25.4 Å². The Bertz CT molecular complexity index is 300. The van der Waals surface area contributed by atoms with Crippen LogP contribution in [-0.4, -0.2) is 30.7 Å². The Kier molecular flexibility index (Phi) is 3.51. The highest BCUT2D eigenvalue weighted by atomic mass is 15.1. The van der Waals surface area contributed by atoms with Gasteiger partial charge in [0.2, 0.25) is 0 Å². The molecule has 2 rings (SSSR count). The number of aliphatic imine (C=N–C) groups is 1. The normalized spacial score (nSPS) is 18.9. The fourth-order valence-corrected chi connectivity index (χ4v) is 2.10. The fraction of sp³-hybridized carbons (Fsp3) is 0.462. The van der Waals surface area contributed by atoms with Crippen LogP contribution in [0.5, 0.6) is 0 Å². The zero-order valence-corrected chi connectivity index (χ0v) is 9.10. The summed E-state index contributed by atoms with van der Waals surface area (Å²) < 4.78 is 0. The van der Waals surface area contributed by atoms with E-state index in [1.165, 1.54) is 5.56 Å². The van der Waals surface area contributed by atoms with Crippen molar-refractivity contribution in [3.8, 4) is 0 Å². The van der Waals surface area contributed by atoms with Gasteiger partial charge in [-0.05, 0) is 25.1 Å². The van der Waals surface area contributed by atoms with E-state index < -0.39 is 0 Å². The number of benzene rings is 1. The fourth-order valence-electron chi connectivity index (χ4n) is 2.10. The van der Waals surface area contributed by atoms with E-state index >= 15 is 0 Å². The van der Waals surface area contributed by atoms with E-state index in [1.54, 1.807) is 0 Å². The Labute approximate surface area is 91.6 Å². The zero-order valence-electron chi connectivity index (χ0n) is 9.10. The molecule has 1 saturated heterocycles. The van der Waals surface area contributed by atoms with Gasteiger partial charge in [-0.3, -0.25) is 9.89 Å². The molecular weight excluding hydrogens is 184 g/mol. The van der Waals surface area contributed by atoms with Gasteiger partial charge in [0.1, 0.15) is 0 Å². The first-order valence-electron chi connectivity index (χ1n) is 5.60. The molecule has 1 aromatic carbocycles. The van der Waals surface area contributed by atoms with Gasteiger partial charge in [-0.15, -0.1) is 0 Å². The summed E-state index contributed by atoms with van der Waals surface area (Å²) in [6.07, 6.45) is 2.33. The highest BCUT2D eigenvalue weighted by Gasteiger charge is 2.17. The Morgan fingerprint density at radius 2 is 1.87 bits per heavy atom. The lowest BCUT2D eigenvalue weighted by Gasteiger charge is -2.29. The molecule has 0 unspecified atom stereocenters. The summed E-state index contributed by atoms with van der Waals surface area (Å²) in [6, 6.07) is 11.2. The molecule has 0 aliphatic carbocycles. The first-order chi connectivity index (χ1) is 7.38. The molecule has 1 aliphatic rings. The van der Waals surface area contributed by atoms with Crippen molar-refractivity contribution in [2.75, 3.05) is 13.1 Å². The van der Waals surface area contributed by atoms with Crippen molar-refractivity contribution in [1.82, 2.24) is 4.90 Å². The van der Waals surface area contributed by atoms with Crippen LogP contribution in [0, 0.1) is 0 Å². The van der Waals surface area contributed by atoms with Gasteiger partial charge in [-0.1, -0.05) is 30.3 Å². The molecule has 0 radical (unpaired) electrons. The van der Waals surface area contributed by atoms with Gasteiger partial charge in [0.25, 0.3) is 0 Å². The van der Waals surface area contributed by atoms with Gasteiger partial charge in [0.05, 0.1) is 6.04 Å². The van der Waals surface area contributed by atoms with E-state index in [4.69, 9.17) is 0 Å². The minimum Gasteiger partial charge on any atom is -0.299 e. The minimum atomic E-state index is 0.497. The molecule has 2 nitrogen and oxygen atoms in total. The second kappa shape index (κ2) is 5.08. The van der Waals surface area contributed by atoms with Crippen LogP contribution in [0.3, 0.4) is 0 Å². The van der Waals surface area contributed by atoms with Gasteiger partial charge < -0.3 is 0 Å². The molecule has 1 fully saturated rings. The van der Waals surface area contributed by atoms with Crippen molar-refractivity contribution < 1.29 is 0 Å². The van der Waals surface area contributed by atoms with Gasteiger partial charge in [0.15, 0.2) is 0 Å². The molecule has 0 saturated carbocycles. The standard InChI is InChI=1S/C13H18N2/c1-14-13-7-9-15(10-8-13)11-12-5-3-2-4-6-12/h2-6,13H,1,7-11H2. The zero-order chi connectivity index (χ0) is 10.5. The predicted molar refractivity (Wildman–Crippen MR) is 64.3 cm³/mol. The molecule has 0 atom stereocenters. The number of likely N-dealkylation sites (tertiary alicyclic amines) is 1. The maximum Gasteiger partial charge on any atom is 0.0516 e. The van der Waals surface area contributed by atoms with Crippen LogP contribution in [-0.2, 0) is 6.54 Å². The highest BCUT2D eigenvalue weighted by molar-refractivity contribution is 5.24. The van der Waals surface area contributed by atoms with Crippen LogP contribution in [0.15, 0.2) is 35.3 Å². The number of piperidine rings is 1. The minimum absolute atomic E-state index is 0.497. The Balaban J connectivity index is 1.85. The largest absolute Gasteiger partial charge is 0.299 e. The third-order valence-electron chi connectivity index (χ3n) is 3.06. The van der Waals surface area contributed by atoms with Gasteiger partial charge in [0, 0.05) is 19.6 Å². The lowest BCUT2D eigenvalue weighted by Crippen LogP contribution is -2.34. The first-order valence-corrected chi connectivity index (χ1v) is 5.60. The third kappa shape index (κ3) is 2.90. The van der Waals surface area contributed by atoms with Gasteiger partial charge in [-0.25, -0.2) is 0 Å². The first kappa shape index (κ1) is 10.4. The molecule has 0 amide bonds. The molecule has 1 heterocycles. The summed E-state index contributed by atoms with van der Waals surface area (Å²) in [4.78, 5) is 6.61. The Morgan fingerprint density at radius 1 is 1.20 bits per heavy atom. The number of hydrogen-bond donors (Lipinski definition) is 0. The number of nitrogens with zero attached hydrogens (tertiary/aromatic N) is 2. The molecule has 2 heteroatoms. The maximum absolute atomic E-state index is 4.11. The summed E-state index contributed by atoms with van der Waals surface area (Å²) in [7, 11) is 0. The van der Waals surface area contributed by atoms with Crippen molar-refractivity contribution in [2.24, 2.45) is 4.99 Å². The molecule has 0 bridgehead atoms. The molecule has 80 valence electrons. The topological polar surface area (TPSA) is 15.6 Å². The van der Waals surface area contributed by atoms with Gasteiger partial charge >= 0.3 is 0 Å². The van der Waals surface area contributed by atoms with E-state index in [0.29, 0.717) is 6.04 Å². The monoisotopic (exact) mass is 202 g/mol. The number of rotatable bonds is 3. The molecule has 0 N–H and O–H groups in total. The molecular formula is C13H18N2. The van der Waals surface area contributed by atoms with Crippen LogP contribution in [0.4, 0.5) is 0 Å². The van der Waals surface area contributed by atoms with E-state index in [1.807, 2.05) is 0 Å². The second-order valence-electron chi connectivity index (χ2n) is 4.18. The molecule has 15 heavy (non-hydrogen) atoms. The third-order valence-corrected chi connectivity index (χ3v) is 3.06. The van der Waals surface area contributed by atoms with Crippen molar-refractivity contribution in [3.05, 3.63) is 35.9 Å². The van der Waals surface area contributed by atoms with Crippen molar-refractivity contribution >= 4 is 6.72 Å². The quantitative estimate of drug-likeness (QED) is 0.687. The van der Waals surface area contributed by atoms with Crippen LogP contribution < -0.4 is 0 Å². The smallest absolute Gasteiger partial charge is 0.0516 e. The van der Waals surface area contributed by atoms with E-state index in [2.05, 4.69) is 46.9 Å². The number of hydrogen-bond acceptors (Lipinski definition) is 2. The lowest BCUT2D eigenvalue weighted by molar-refractivity contribution is 0.206.